The summed E-state index contributed by atoms with van der Waals surface area (Å²) in [5, 5.41) is 20.5. The molecule has 1 fully saturated rings. The van der Waals surface area contributed by atoms with Gasteiger partial charge in [0.1, 0.15) is 0 Å². The first-order valence-corrected chi connectivity index (χ1v) is 9.16. The van der Waals surface area contributed by atoms with Crippen LogP contribution in [0, 0.1) is 10.1 Å². The van der Waals surface area contributed by atoms with Crippen molar-refractivity contribution in [1.29, 1.82) is 0 Å². The maximum Gasteiger partial charge on any atom is 0.305 e. The van der Waals surface area contributed by atoms with E-state index >= 15 is 0 Å². The molecular weight excluding hydrogens is 344 g/mol. The SMILES string of the molecule is CC(C)(C)c1ccc(C(=O)N2CCSCC2CC(=O)O)cc1[N+](=O)[O-]. The Morgan fingerprint density at radius 2 is 2.08 bits per heavy atom. The molecule has 1 atom stereocenters. The summed E-state index contributed by atoms with van der Waals surface area (Å²) in [5.74, 6) is -0.0287. The number of carboxylic acid groups (broad SMARTS) is 1. The van der Waals surface area contributed by atoms with Crippen LogP contribution in [0.4, 0.5) is 5.69 Å². The summed E-state index contributed by atoms with van der Waals surface area (Å²) in [4.78, 5) is 36.3. The zero-order valence-electron chi connectivity index (χ0n) is 14.5. The zero-order chi connectivity index (χ0) is 18.8. The molecule has 0 aromatic heterocycles. The number of nitrogens with zero attached hydrogens (tertiary/aromatic N) is 2. The zero-order valence-corrected chi connectivity index (χ0v) is 15.3. The molecule has 1 unspecified atom stereocenters. The fraction of sp³-hybridized carbons (Fsp3) is 0.529. The Balaban J connectivity index is 2.36. The minimum Gasteiger partial charge on any atom is -0.481 e. The highest BCUT2D eigenvalue weighted by molar-refractivity contribution is 7.99. The minimum atomic E-state index is -0.959. The van der Waals surface area contributed by atoms with Crippen LogP contribution in [-0.4, -0.2) is 50.9 Å². The molecular formula is C17H22N2O5S. The van der Waals surface area contributed by atoms with Crippen molar-refractivity contribution in [1.82, 2.24) is 4.90 Å². The lowest BCUT2D eigenvalue weighted by molar-refractivity contribution is -0.386. The molecule has 0 bridgehead atoms. The highest BCUT2D eigenvalue weighted by atomic mass is 32.2. The predicted octanol–water partition coefficient (Wildman–Crippen LogP) is 2.92. The van der Waals surface area contributed by atoms with Crippen LogP contribution in [-0.2, 0) is 10.2 Å². The molecule has 1 heterocycles. The van der Waals surface area contributed by atoms with Crippen LogP contribution in [0.2, 0.25) is 0 Å². The summed E-state index contributed by atoms with van der Waals surface area (Å²) >= 11 is 1.61. The second kappa shape index (κ2) is 7.43. The third-order valence-corrected chi connectivity index (χ3v) is 5.24. The van der Waals surface area contributed by atoms with Crippen LogP contribution >= 0.6 is 11.8 Å². The number of carbonyl (C=O) groups excluding carboxylic acids is 1. The largest absolute Gasteiger partial charge is 0.481 e. The molecule has 0 spiro atoms. The van der Waals surface area contributed by atoms with Crippen LogP contribution in [0.3, 0.4) is 0 Å². The average Bonchev–Trinajstić information content (AvgIpc) is 2.52. The summed E-state index contributed by atoms with van der Waals surface area (Å²) in [6.07, 6.45) is -0.124. The molecule has 1 aromatic carbocycles. The summed E-state index contributed by atoms with van der Waals surface area (Å²) in [5.41, 5.74) is 0.282. The maximum absolute atomic E-state index is 12.8. The van der Waals surface area contributed by atoms with Gasteiger partial charge >= 0.3 is 5.97 Å². The van der Waals surface area contributed by atoms with Crippen molar-refractivity contribution >= 4 is 29.3 Å². The van der Waals surface area contributed by atoms with Gasteiger partial charge in [0.15, 0.2) is 0 Å². The van der Waals surface area contributed by atoms with Crippen LogP contribution in [0.15, 0.2) is 18.2 Å². The quantitative estimate of drug-likeness (QED) is 0.649. The van der Waals surface area contributed by atoms with Gasteiger partial charge in [0.25, 0.3) is 11.6 Å². The normalized spacial score (nSPS) is 18.0. The van der Waals surface area contributed by atoms with E-state index in [2.05, 4.69) is 0 Å². The number of hydrogen-bond acceptors (Lipinski definition) is 5. The molecule has 1 N–H and O–H groups in total. The molecule has 2 rings (SSSR count). The predicted molar refractivity (Wildman–Crippen MR) is 96.2 cm³/mol. The van der Waals surface area contributed by atoms with E-state index < -0.39 is 22.3 Å². The third kappa shape index (κ3) is 4.50. The smallest absolute Gasteiger partial charge is 0.305 e. The van der Waals surface area contributed by atoms with E-state index in [0.29, 0.717) is 17.9 Å². The first kappa shape index (κ1) is 19.2. The lowest BCUT2D eigenvalue weighted by Gasteiger charge is -2.34. The molecule has 136 valence electrons. The molecule has 0 saturated carbocycles. The summed E-state index contributed by atoms with van der Waals surface area (Å²) in [6, 6.07) is 4.12. The number of benzene rings is 1. The minimum absolute atomic E-state index is 0.0838. The van der Waals surface area contributed by atoms with Crippen molar-refractivity contribution in [3.05, 3.63) is 39.4 Å². The van der Waals surface area contributed by atoms with Crippen molar-refractivity contribution in [3.63, 3.8) is 0 Å². The van der Waals surface area contributed by atoms with Gasteiger partial charge in [0, 0.05) is 35.2 Å². The van der Waals surface area contributed by atoms with E-state index in [-0.39, 0.29) is 23.6 Å². The van der Waals surface area contributed by atoms with Gasteiger partial charge in [0.05, 0.1) is 17.4 Å². The number of thioether (sulfide) groups is 1. The number of nitro groups is 1. The van der Waals surface area contributed by atoms with E-state index in [0.717, 1.165) is 5.75 Å². The van der Waals surface area contributed by atoms with Crippen molar-refractivity contribution in [2.45, 2.75) is 38.6 Å². The molecule has 1 amide bonds. The Morgan fingerprint density at radius 1 is 1.40 bits per heavy atom. The standard InChI is InChI=1S/C17H22N2O5S/c1-17(2,3)13-5-4-11(8-14(13)19(23)24)16(22)18-6-7-25-10-12(18)9-15(20)21/h4-5,8,12H,6-7,9-10H2,1-3H3,(H,20,21). The van der Waals surface area contributed by atoms with E-state index in [1.165, 1.54) is 11.0 Å². The summed E-state index contributed by atoms with van der Waals surface area (Å²) in [6.45, 7) is 6.07. The molecule has 1 aliphatic rings. The van der Waals surface area contributed by atoms with Gasteiger partial charge in [-0.15, -0.1) is 0 Å². The number of nitro benzene ring substituents is 1. The topological polar surface area (TPSA) is 101 Å². The van der Waals surface area contributed by atoms with Crippen LogP contribution in [0.5, 0.6) is 0 Å². The van der Waals surface area contributed by atoms with Gasteiger partial charge in [-0.25, -0.2) is 0 Å². The molecule has 0 aliphatic carbocycles. The van der Waals surface area contributed by atoms with Crippen molar-refractivity contribution in [2.24, 2.45) is 0 Å². The fourth-order valence-electron chi connectivity index (χ4n) is 2.91. The van der Waals surface area contributed by atoms with Crippen molar-refractivity contribution < 1.29 is 19.6 Å². The number of carbonyl (C=O) groups is 2. The lowest BCUT2D eigenvalue weighted by Crippen LogP contribution is -2.47. The molecule has 25 heavy (non-hydrogen) atoms. The fourth-order valence-corrected chi connectivity index (χ4v) is 3.97. The number of hydrogen-bond donors (Lipinski definition) is 1. The molecule has 0 radical (unpaired) electrons. The van der Waals surface area contributed by atoms with Gasteiger partial charge in [-0.2, -0.15) is 11.8 Å². The monoisotopic (exact) mass is 366 g/mol. The Hall–Kier alpha value is -2.09. The van der Waals surface area contributed by atoms with E-state index in [4.69, 9.17) is 5.11 Å². The first-order valence-electron chi connectivity index (χ1n) is 8.00. The molecule has 8 heteroatoms. The van der Waals surface area contributed by atoms with Crippen LogP contribution < -0.4 is 0 Å². The van der Waals surface area contributed by atoms with E-state index in [9.17, 15) is 19.7 Å². The summed E-state index contributed by atoms with van der Waals surface area (Å²) < 4.78 is 0. The van der Waals surface area contributed by atoms with Crippen LogP contribution in [0.1, 0.15) is 43.1 Å². The Kier molecular flexibility index (Phi) is 5.72. The highest BCUT2D eigenvalue weighted by Crippen LogP contribution is 2.32. The van der Waals surface area contributed by atoms with Gasteiger partial charge in [-0.05, 0) is 11.5 Å². The maximum atomic E-state index is 12.8. The number of carboxylic acids is 1. The highest BCUT2D eigenvalue weighted by Gasteiger charge is 2.32. The Morgan fingerprint density at radius 3 is 2.64 bits per heavy atom. The second-order valence-corrected chi connectivity index (χ2v) is 8.21. The van der Waals surface area contributed by atoms with Gasteiger partial charge < -0.3 is 10.0 Å². The average molecular weight is 366 g/mol. The Labute approximate surface area is 150 Å². The third-order valence-electron chi connectivity index (χ3n) is 4.15. The number of amides is 1. The molecule has 1 aromatic rings. The van der Waals surface area contributed by atoms with Gasteiger partial charge in [-0.3, -0.25) is 19.7 Å². The lowest BCUT2D eigenvalue weighted by atomic mass is 9.85. The number of rotatable bonds is 4. The Bertz CT molecular complexity index is 699. The second-order valence-electron chi connectivity index (χ2n) is 7.06. The molecule has 1 saturated heterocycles. The first-order chi connectivity index (χ1) is 11.6. The molecule has 1 aliphatic heterocycles. The van der Waals surface area contributed by atoms with Crippen molar-refractivity contribution in [2.75, 3.05) is 18.1 Å². The van der Waals surface area contributed by atoms with Crippen LogP contribution in [0.25, 0.3) is 0 Å². The molecule has 7 nitrogen and oxygen atoms in total. The van der Waals surface area contributed by atoms with Crippen molar-refractivity contribution in [3.8, 4) is 0 Å². The van der Waals surface area contributed by atoms with E-state index in [1.54, 1.807) is 23.9 Å². The van der Waals surface area contributed by atoms with Gasteiger partial charge in [0.2, 0.25) is 0 Å². The van der Waals surface area contributed by atoms with Gasteiger partial charge in [-0.1, -0.05) is 26.8 Å². The number of aliphatic carboxylic acids is 1. The summed E-state index contributed by atoms with van der Waals surface area (Å²) in [7, 11) is 0. The van der Waals surface area contributed by atoms with E-state index in [1.807, 2.05) is 20.8 Å².